The Morgan fingerprint density at radius 3 is 2.61 bits per heavy atom. The van der Waals surface area contributed by atoms with Crippen LogP contribution < -0.4 is 11.2 Å². The van der Waals surface area contributed by atoms with Crippen molar-refractivity contribution in [1.82, 2.24) is 19.1 Å². The van der Waals surface area contributed by atoms with Crippen LogP contribution in [0.2, 0.25) is 0 Å². The van der Waals surface area contributed by atoms with Crippen molar-refractivity contribution in [1.29, 1.82) is 0 Å². The monoisotopic (exact) mass is 242 g/mol. The average molecular weight is 242 g/mol. The number of H-pyrrole nitrogens is 1. The van der Waals surface area contributed by atoms with Crippen LogP contribution >= 0.6 is 0 Å². The standard InChI is InChI=1S/C12H10N4O2/c1-15-10-9(13-7-14-10)11(17)16(12(15)18)8-5-3-2-4-6-8/h2-7H,1H3,(H,13,14). The quantitative estimate of drug-likeness (QED) is 0.671. The summed E-state index contributed by atoms with van der Waals surface area (Å²) >= 11 is 0. The number of hydrogen-bond acceptors (Lipinski definition) is 3. The summed E-state index contributed by atoms with van der Waals surface area (Å²) in [5.41, 5.74) is 0.417. The molecular weight excluding hydrogens is 232 g/mol. The molecule has 0 fully saturated rings. The summed E-state index contributed by atoms with van der Waals surface area (Å²) in [4.78, 5) is 31.1. The Kier molecular flexibility index (Phi) is 2.16. The maximum absolute atomic E-state index is 12.2. The molecule has 2 heterocycles. The van der Waals surface area contributed by atoms with Crippen LogP contribution in [0.25, 0.3) is 16.9 Å². The minimum atomic E-state index is -0.411. The Hall–Kier alpha value is -2.63. The Morgan fingerprint density at radius 1 is 1.17 bits per heavy atom. The molecular formula is C12H10N4O2. The zero-order valence-corrected chi connectivity index (χ0v) is 9.62. The molecule has 0 unspecified atom stereocenters. The predicted molar refractivity (Wildman–Crippen MR) is 66.9 cm³/mol. The van der Waals surface area contributed by atoms with Crippen LogP contribution in [0.4, 0.5) is 0 Å². The smallest absolute Gasteiger partial charge is 0.337 e. The average Bonchev–Trinajstić information content (AvgIpc) is 2.87. The molecule has 0 saturated carbocycles. The SMILES string of the molecule is Cn1c(=O)n(-c2ccccc2)c(=O)c2[nH]cnc21. The molecule has 0 spiro atoms. The lowest BCUT2D eigenvalue weighted by Crippen LogP contribution is -2.37. The van der Waals surface area contributed by atoms with Crippen molar-refractivity contribution < 1.29 is 0 Å². The minimum Gasteiger partial charge on any atom is -0.339 e. The van der Waals surface area contributed by atoms with Gasteiger partial charge in [0.15, 0.2) is 5.65 Å². The number of imidazole rings is 1. The third-order valence-electron chi connectivity index (χ3n) is 2.85. The van der Waals surface area contributed by atoms with Crippen LogP contribution in [-0.4, -0.2) is 19.1 Å². The van der Waals surface area contributed by atoms with Crippen LogP contribution in [0.15, 0.2) is 46.2 Å². The van der Waals surface area contributed by atoms with Gasteiger partial charge in [-0.15, -0.1) is 0 Å². The Bertz CT molecular complexity index is 827. The van der Waals surface area contributed by atoms with Gasteiger partial charge >= 0.3 is 5.69 Å². The van der Waals surface area contributed by atoms with Gasteiger partial charge in [-0.3, -0.25) is 9.36 Å². The highest BCUT2D eigenvalue weighted by Crippen LogP contribution is 2.04. The lowest BCUT2D eigenvalue weighted by molar-refractivity contribution is 0.767. The normalized spacial score (nSPS) is 10.9. The number of fused-ring (bicyclic) bond motifs is 1. The molecule has 2 aromatic heterocycles. The van der Waals surface area contributed by atoms with E-state index in [-0.39, 0.29) is 0 Å². The summed E-state index contributed by atoms with van der Waals surface area (Å²) in [6.45, 7) is 0. The molecule has 3 aromatic rings. The highest BCUT2D eigenvalue weighted by Gasteiger charge is 2.13. The van der Waals surface area contributed by atoms with Gasteiger partial charge < -0.3 is 4.98 Å². The van der Waals surface area contributed by atoms with Crippen molar-refractivity contribution in [3.8, 4) is 5.69 Å². The van der Waals surface area contributed by atoms with Gasteiger partial charge in [-0.2, -0.15) is 0 Å². The number of hydrogen-bond donors (Lipinski definition) is 1. The molecule has 0 aliphatic carbocycles. The van der Waals surface area contributed by atoms with E-state index in [1.807, 2.05) is 6.07 Å². The van der Waals surface area contributed by atoms with Crippen LogP contribution in [0.1, 0.15) is 0 Å². The molecule has 0 atom stereocenters. The van der Waals surface area contributed by atoms with Gasteiger partial charge in [0.05, 0.1) is 12.0 Å². The second-order valence-electron chi connectivity index (χ2n) is 3.92. The first kappa shape index (κ1) is 10.5. The summed E-state index contributed by atoms with van der Waals surface area (Å²) in [5, 5.41) is 0. The zero-order valence-electron chi connectivity index (χ0n) is 9.62. The fraction of sp³-hybridized carbons (Fsp3) is 0.0833. The zero-order chi connectivity index (χ0) is 12.7. The predicted octanol–water partition coefficient (Wildman–Crippen LogP) is 0.412. The van der Waals surface area contributed by atoms with E-state index >= 15 is 0 Å². The second-order valence-corrected chi connectivity index (χ2v) is 3.92. The molecule has 0 amide bonds. The minimum absolute atomic E-state index is 0.320. The summed E-state index contributed by atoms with van der Waals surface area (Å²) in [6, 6.07) is 8.81. The van der Waals surface area contributed by atoms with Crippen LogP contribution in [-0.2, 0) is 7.05 Å². The number of benzene rings is 1. The summed E-state index contributed by atoms with van der Waals surface area (Å²) in [6.07, 6.45) is 1.40. The molecule has 0 saturated heterocycles. The molecule has 0 bridgehead atoms. The fourth-order valence-corrected chi connectivity index (χ4v) is 1.94. The first-order valence-electron chi connectivity index (χ1n) is 5.40. The van der Waals surface area contributed by atoms with Gasteiger partial charge in [-0.1, -0.05) is 18.2 Å². The summed E-state index contributed by atoms with van der Waals surface area (Å²) < 4.78 is 2.47. The fourth-order valence-electron chi connectivity index (χ4n) is 1.94. The molecule has 18 heavy (non-hydrogen) atoms. The van der Waals surface area contributed by atoms with Crippen molar-refractivity contribution in [2.24, 2.45) is 7.05 Å². The number of aryl methyl sites for hydroxylation is 1. The Balaban J connectivity index is 2.51. The van der Waals surface area contributed by atoms with E-state index in [0.717, 1.165) is 4.57 Å². The van der Waals surface area contributed by atoms with Crippen LogP contribution in [0.5, 0.6) is 0 Å². The summed E-state index contributed by atoms with van der Waals surface area (Å²) in [5.74, 6) is 0. The topological polar surface area (TPSA) is 72.7 Å². The Morgan fingerprint density at radius 2 is 1.89 bits per heavy atom. The Labute approximate surface area is 101 Å². The molecule has 0 aliphatic heterocycles. The number of nitrogens with zero attached hydrogens (tertiary/aromatic N) is 3. The number of rotatable bonds is 1. The third kappa shape index (κ3) is 1.32. The molecule has 1 N–H and O–H groups in total. The second kappa shape index (κ2) is 3.69. The van der Waals surface area contributed by atoms with E-state index in [9.17, 15) is 9.59 Å². The molecule has 3 rings (SSSR count). The largest absolute Gasteiger partial charge is 0.339 e. The van der Waals surface area contributed by atoms with E-state index in [1.54, 1.807) is 31.3 Å². The molecule has 0 radical (unpaired) electrons. The number of para-hydroxylation sites is 1. The highest BCUT2D eigenvalue weighted by atomic mass is 16.2. The van der Waals surface area contributed by atoms with E-state index in [2.05, 4.69) is 9.97 Å². The van der Waals surface area contributed by atoms with E-state index < -0.39 is 11.2 Å². The van der Waals surface area contributed by atoms with E-state index in [4.69, 9.17) is 0 Å². The van der Waals surface area contributed by atoms with E-state index in [1.165, 1.54) is 10.9 Å². The van der Waals surface area contributed by atoms with Gasteiger partial charge in [-0.25, -0.2) is 14.3 Å². The number of aromatic amines is 1. The molecule has 1 aromatic carbocycles. The van der Waals surface area contributed by atoms with Crippen molar-refractivity contribution in [3.63, 3.8) is 0 Å². The number of nitrogens with one attached hydrogen (secondary N) is 1. The maximum Gasteiger partial charge on any atom is 0.337 e. The summed E-state index contributed by atoms with van der Waals surface area (Å²) in [7, 11) is 1.59. The molecule has 90 valence electrons. The van der Waals surface area contributed by atoms with Gasteiger partial charge in [-0.05, 0) is 12.1 Å². The first-order chi connectivity index (χ1) is 8.70. The van der Waals surface area contributed by atoms with Crippen molar-refractivity contribution in [2.75, 3.05) is 0 Å². The molecule has 0 aliphatic rings. The lowest BCUT2D eigenvalue weighted by atomic mass is 10.3. The maximum atomic E-state index is 12.2. The van der Waals surface area contributed by atoms with Gasteiger partial charge in [0, 0.05) is 7.05 Å². The molecule has 6 nitrogen and oxygen atoms in total. The van der Waals surface area contributed by atoms with Crippen LogP contribution in [0.3, 0.4) is 0 Å². The van der Waals surface area contributed by atoms with Crippen molar-refractivity contribution in [3.05, 3.63) is 57.5 Å². The lowest BCUT2D eigenvalue weighted by Gasteiger charge is -2.07. The van der Waals surface area contributed by atoms with Crippen molar-refractivity contribution >= 4 is 11.2 Å². The number of aromatic nitrogens is 4. The third-order valence-corrected chi connectivity index (χ3v) is 2.85. The van der Waals surface area contributed by atoms with Crippen LogP contribution in [0, 0.1) is 0 Å². The van der Waals surface area contributed by atoms with Gasteiger partial charge in [0.1, 0.15) is 5.52 Å². The van der Waals surface area contributed by atoms with Gasteiger partial charge in [0.25, 0.3) is 5.56 Å². The highest BCUT2D eigenvalue weighted by molar-refractivity contribution is 5.69. The molecule has 6 heteroatoms. The first-order valence-corrected chi connectivity index (χ1v) is 5.40. The van der Waals surface area contributed by atoms with Crippen molar-refractivity contribution in [2.45, 2.75) is 0 Å². The van der Waals surface area contributed by atoms with E-state index in [0.29, 0.717) is 16.9 Å². The van der Waals surface area contributed by atoms with Gasteiger partial charge in [0.2, 0.25) is 0 Å².